The smallest absolute Gasteiger partial charge is 0.292 e. The fourth-order valence-corrected chi connectivity index (χ4v) is 4.76. The van der Waals surface area contributed by atoms with Crippen LogP contribution in [0.15, 0.2) is 65.9 Å². The lowest BCUT2D eigenvalue weighted by Gasteiger charge is -2.22. The number of halogens is 1. The number of nitrogens with two attached hydrogens (primary N) is 2. The first kappa shape index (κ1) is 33.6. The van der Waals surface area contributed by atoms with Crippen LogP contribution in [-0.2, 0) is 19.1 Å². The number of carbonyl (C=O) groups is 3. The SMILES string of the molecule is CNc1ccc2c(c1)NC(=O)C(C)CCC[C@H](NC(=O)/C=C/c1cc(Cl)ccc1N(N)/C=N\N)c1cc-2ccn1.COC=O. The van der Waals surface area contributed by atoms with Gasteiger partial charge < -0.3 is 26.5 Å². The summed E-state index contributed by atoms with van der Waals surface area (Å²) in [5, 5.41) is 14.5. The van der Waals surface area contributed by atoms with Crippen LogP contribution in [0, 0.1) is 5.92 Å². The van der Waals surface area contributed by atoms with E-state index in [-0.39, 0.29) is 23.8 Å². The highest BCUT2D eigenvalue weighted by molar-refractivity contribution is 6.30. The van der Waals surface area contributed by atoms with Crippen molar-refractivity contribution in [3.63, 3.8) is 0 Å². The van der Waals surface area contributed by atoms with E-state index in [1.165, 1.54) is 24.5 Å². The van der Waals surface area contributed by atoms with Crippen molar-refractivity contribution < 1.29 is 19.1 Å². The number of hydrazine groups is 1. The summed E-state index contributed by atoms with van der Waals surface area (Å²) >= 11 is 6.18. The molecule has 4 rings (SSSR count). The Bertz CT molecular complexity index is 1510. The summed E-state index contributed by atoms with van der Waals surface area (Å²) in [6.45, 7) is 2.29. The molecule has 1 aromatic heterocycles. The van der Waals surface area contributed by atoms with Gasteiger partial charge in [-0.05, 0) is 66.9 Å². The molecule has 7 N–H and O–H groups in total. The maximum absolute atomic E-state index is 13.1. The monoisotopic (exact) mass is 620 g/mol. The number of benzene rings is 2. The number of rotatable bonds is 7. The lowest BCUT2D eigenvalue weighted by atomic mass is 9.95. The van der Waals surface area contributed by atoms with Crippen molar-refractivity contribution >= 4 is 59.4 Å². The molecule has 2 amide bonds. The second-order valence-corrected chi connectivity index (χ2v) is 10.3. The zero-order valence-electron chi connectivity index (χ0n) is 24.8. The van der Waals surface area contributed by atoms with Crippen molar-refractivity contribution in [1.29, 1.82) is 0 Å². The summed E-state index contributed by atoms with van der Waals surface area (Å²) in [4.78, 5) is 39.6. The quantitative estimate of drug-likeness (QED) is 0.0638. The highest BCUT2D eigenvalue weighted by atomic mass is 35.5. The van der Waals surface area contributed by atoms with E-state index >= 15 is 0 Å². The fraction of sp³-hybridized carbons (Fsp3) is 0.258. The van der Waals surface area contributed by atoms with Crippen LogP contribution in [0.5, 0.6) is 0 Å². The van der Waals surface area contributed by atoms with Crippen molar-refractivity contribution in [2.75, 3.05) is 29.8 Å². The lowest BCUT2D eigenvalue weighted by molar-refractivity contribution is -0.126. The Morgan fingerprint density at radius 1 is 1.20 bits per heavy atom. The van der Waals surface area contributed by atoms with Crippen molar-refractivity contribution in [1.82, 2.24) is 10.3 Å². The van der Waals surface area contributed by atoms with E-state index in [0.717, 1.165) is 34.6 Å². The number of fused-ring (bicyclic) bond motifs is 4. The number of carbonyl (C=O) groups excluding carboxylic acids is 3. The topological polar surface area (TPSA) is 177 Å². The Balaban J connectivity index is 0.00000124. The van der Waals surface area contributed by atoms with E-state index in [0.29, 0.717) is 35.6 Å². The van der Waals surface area contributed by atoms with Crippen LogP contribution in [-0.4, -0.2) is 43.8 Å². The Morgan fingerprint density at radius 3 is 2.68 bits per heavy atom. The Labute approximate surface area is 261 Å². The first-order valence-electron chi connectivity index (χ1n) is 13.8. The number of amides is 2. The van der Waals surface area contributed by atoms with Gasteiger partial charge in [0.1, 0.15) is 6.34 Å². The number of pyridine rings is 1. The van der Waals surface area contributed by atoms with Crippen LogP contribution < -0.4 is 32.6 Å². The van der Waals surface area contributed by atoms with Gasteiger partial charge in [-0.15, -0.1) is 0 Å². The molecule has 0 saturated carbocycles. The Kier molecular flexibility index (Phi) is 12.7. The van der Waals surface area contributed by atoms with Gasteiger partial charge in [0.25, 0.3) is 6.47 Å². The molecule has 12 nitrogen and oxygen atoms in total. The van der Waals surface area contributed by atoms with Crippen LogP contribution in [0.4, 0.5) is 17.1 Å². The number of hydrogen-bond donors (Lipinski definition) is 5. The van der Waals surface area contributed by atoms with Crippen molar-refractivity contribution in [2.45, 2.75) is 32.2 Å². The van der Waals surface area contributed by atoms with Gasteiger partial charge in [-0.3, -0.25) is 24.4 Å². The van der Waals surface area contributed by atoms with Crippen molar-refractivity contribution in [2.24, 2.45) is 22.7 Å². The van der Waals surface area contributed by atoms with E-state index < -0.39 is 0 Å². The molecule has 2 bridgehead atoms. The molecule has 1 aliphatic rings. The van der Waals surface area contributed by atoms with Gasteiger partial charge in [-0.1, -0.05) is 31.0 Å². The third-order valence-electron chi connectivity index (χ3n) is 6.88. The maximum atomic E-state index is 13.1. The van der Waals surface area contributed by atoms with Gasteiger partial charge in [0.05, 0.1) is 30.2 Å². The van der Waals surface area contributed by atoms with Gasteiger partial charge in [-0.25, -0.2) is 5.84 Å². The predicted octanol–water partition coefficient (Wildman–Crippen LogP) is 4.44. The molecule has 1 aliphatic heterocycles. The zero-order chi connectivity index (χ0) is 32.1. The third kappa shape index (κ3) is 9.28. The molecule has 0 saturated heterocycles. The molecule has 0 radical (unpaired) electrons. The maximum Gasteiger partial charge on any atom is 0.292 e. The highest BCUT2D eigenvalue weighted by Gasteiger charge is 2.21. The van der Waals surface area contributed by atoms with E-state index in [1.807, 2.05) is 44.3 Å². The minimum Gasteiger partial charge on any atom is -0.471 e. The Hall–Kier alpha value is -4.94. The molecule has 2 heterocycles. The molecular weight excluding hydrogens is 584 g/mol. The zero-order valence-corrected chi connectivity index (χ0v) is 25.5. The number of hydrogen-bond acceptors (Lipinski definition) is 9. The fourth-order valence-electron chi connectivity index (χ4n) is 4.58. The van der Waals surface area contributed by atoms with E-state index in [9.17, 15) is 9.59 Å². The number of nitrogens with zero attached hydrogens (tertiary/aromatic N) is 3. The number of aromatic nitrogens is 1. The van der Waals surface area contributed by atoms with Crippen LogP contribution in [0.3, 0.4) is 0 Å². The molecule has 0 fully saturated rings. The first-order valence-corrected chi connectivity index (χ1v) is 14.2. The van der Waals surface area contributed by atoms with E-state index in [4.69, 9.17) is 28.1 Å². The van der Waals surface area contributed by atoms with E-state index in [1.54, 1.807) is 30.5 Å². The van der Waals surface area contributed by atoms with Gasteiger partial charge in [0.2, 0.25) is 11.8 Å². The number of methoxy groups -OCH3 is 1. The lowest BCUT2D eigenvalue weighted by Crippen LogP contribution is -2.30. The molecule has 0 spiro atoms. The summed E-state index contributed by atoms with van der Waals surface area (Å²) in [5.74, 6) is 10.7. The van der Waals surface area contributed by atoms with Crippen LogP contribution >= 0.6 is 11.6 Å². The molecule has 44 heavy (non-hydrogen) atoms. The molecule has 3 aromatic rings. The van der Waals surface area contributed by atoms with Gasteiger partial charge in [0.15, 0.2) is 0 Å². The highest BCUT2D eigenvalue weighted by Crippen LogP contribution is 2.34. The Morgan fingerprint density at radius 2 is 1.98 bits per heavy atom. The van der Waals surface area contributed by atoms with E-state index in [2.05, 4.69) is 30.8 Å². The largest absolute Gasteiger partial charge is 0.471 e. The number of ether oxygens (including phenoxy) is 1. The van der Waals surface area contributed by atoms with Gasteiger partial charge in [-0.2, -0.15) is 5.10 Å². The molecule has 2 atom stereocenters. The van der Waals surface area contributed by atoms with Crippen LogP contribution in [0.1, 0.15) is 43.5 Å². The summed E-state index contributed by atoms with van der Waals surface area (Å²) in [6, 6.07) is 14.4. The molecule has 13 heteroatoms. The van der Waals surface area contributed by atoms with Gasteiger partial charge in [0, 0.05) is 47.1 Å². The molecule has 2 aromatic carbocycles. The van der Waals surface area contributed by atoms with Crippen LogP contribution in [0.2, 0.25) is 5.02 Å². The summed E-state index contributed by atoms with van der Waals surface area (Å²) in [5.41, 5.74) is 5.28. The second kappa shape index (κ2) is 16.6. The average molecular weight is 621 g/mol. The molecule has 0 aliphatic carbocycles. The standard InChI is InChI=1S/C29H33ClN8O2.C2H4O2/c1-18-4-3-5-24(36-28(39)11-6-20-14-21(30)7-10-27(20)38(32)17-35-31)26-15-19(12-13-34-26)23-9-8-22(33-2)16-25(23)37-29(18)40;1-4-2-3/h6-18,24,33H,3-5,31-32H2,1-2H3,(H,36,39)(H,37,40);2H,1H3/b11-6+,35-17-;/t18?,24-;/m0./s1. The minimum absolute atomic E-state index is 0.0428. The second-order valence-electron chi connectivity index (χ2n) is 9.90. The molecule has 232 valence electrons. The number of anilines is 3. The van der Waals surface area contributed by atoms with Crippen molar-refractivity contribution in [3.05, 3.63) is 77.1 Å². The average Bonchev–Trinajstić information content (AvgIpc) is 3.03. The van der Waals surface area contributed by atoms with Crippen molar-refractivity contribution in [3.8, 4) is 11.1 Å². The summed E-state index contributed by atoms with van der Waals surface area (Å²) < 4.78 is 3.86. The summed E-state index contributed by atoms with van der Waals surface area (Å²) in [7, 11) is 3.15. The van der Waals surface area contributed by atoms with Crippen LogP contribution in [0.25, 0.3) is 17.2 Å². The summed E-state index contributed by atoms with van der Waals surface area (Å²) in [6.07, 6.45) is 8.02. The third-order valence-corrected chi connectivity index (χ3v) is 7.11. The predicted molar refractivity (Wildman–Crippen MR) is 175 cm³/mol. The van der Waals surface area contributed by atoms with Gasteiger partial charge >= 0.3 is 0 Å². The molecular formula is C31H37ClN8O4. The minimum atomic E-state index is -0.360. The number of hydrazone groups is 1. The first-order chi connectivity index (χ1) is 21.2. The molecule has 1 unspecified atom stereocenters. The number of nitrogens with one attached hydrogen (secondary N) is 3. The normalized spacial score (nSPS) is 16.3.